The molecule has 2 aromatic carbocycles. The third kappa shape index (κ3) is 4.33. The molecule has 1 amide bonds. The van der Waals surface area contributed by atoms with Crippen LogP contribution >= 0.6 is 0 Å². The molecule has 0 spiro atoms. The van der Waals surface area contributed by atoms with Crippen LogP contribution in [0.5, 0.6) is 11.5 Å². The summed E-state index contributed by atoms with van der Waals surface area (Å²) in [7, 11) is 0. The monoisotopic (exact) mass is 385 g/mol. The number of hydrogen-bond donors (Lipinski definition) is 2. The minimum absolute atomic E-state index is 0.0815. The molecule has 2 aromatic rings. The lowest BCUT2D eigenvalue weighted by Crippen LogP contribution is -2.32. The van der Waals surface area contributed by atoms with Crippen molar-refractivity contribution in [2.45, 2.75) is 39.3 Å². The van der Waals surface area contributed by atoms with Gasteiger partial charge in [0.05, 0.1) is 17.2 Å². The zero-order valence-electron chi connectivity index (χ0n) is 16.0. The van der Waals surface area contributed by atoms with E-state index in [9.17, 15) is 14.9 Å². The number of nitro benzene ring substituents is 1. The van der Waals surface area contributed by atoms with Crippen LogP contribution in [0.3, 0.4) is 0 Å². The van der Waals surface area contributed by atoms with E-state index in [2.05, 4.69) is 10.6 Å². The van der Waals surface area contributed by atoms with Gasteiger partial charge in [0.15, 0.2) is 0 Å². The van der Waals surface area contributed by atoms with Gasteiger partial charge in [-0.3, -0.25) is 14.9 Å². The molecule has 0 unspecified atom stereocenters. The van der Waals surface area contributed by atoms with Gasteiger partial charge in [0.1, 0.15) is 23.6 Å². The van der Waals surface area contributed by atoms with Crippen molar-refractivity contribution < 1.29 is 19.2 Å². The Morgan fingerprint density at radius 2 is 2.18 bits per heavy atom. The quantitative estimate of drug-likeness (QED) is 0.556. The summed E-state index contributed by atoms with van der Waals surface area (Å²) in [6.45, 7) is 6.11. The van der Waals surface area contributed by atoms with E-state index in [0.717, 1.165) is 17.7 Å². The lowest BCUT2D eigenvalue weighted by Gasteiger charge is -2.19. The Bertz CT molecular complexity index is 899. The van der Waals surface area contributed by atoms with Crippen molar-refractivity contribution in [1.29, 1.82) is 0 Å². The maximum atomic E-state index is 12.5. The molecule has 3 rings (SSSR count). The first-order valence-corrected chi connectivity index (χ1v) is 9.15. The molecule has 0 bridgehead atoms. The number of non-ortho nitro benzene ring substituents is 1. The topological polar surface area (TPSA) is 103 Å². The molecular formula is C20H23N3O5. The van der Waals surface area contributed by atoms with Gasteiger partial charge in [-0.2, -0.15) is 0 Å². The van der Waals surface area contributed by atoms with Gasteiger partial charge in [-0.1, -0.05) is 6.07 Å². The second-order valence-corrected chi connectivity index (χ2v) is 6.68. The van der Waals surface area contributed by atoms with Gasteiger partial charge < -0.3 is 20.1 Å². The van der Waals surface area contributed by atoms with Gasteiger partial charge in [-0.25, -0.2) is 0 Å². The number of nitrogens with one attached hydrogen (secondary N) is 2. The fraction of sp³-hybridized carbons (Fsp3) is 0.350. The van der Waals surface area contributed by atoms with Crippen molar-refractivity contribution in [2.24, 2.45) is 0 Å². The number of fused-ring (bicyclic) bond motifs is 1. The molecule has 2 atom stereocenters. The maximum Gasteiger partial charge on any atom is 0.271 e. The van der Waals surface area contributed by atoms with Crippen molar-refractivity contribution in [2.75, 3.05) is 17.2 Å². The number of carbonyl (C=O) groups excluding carboxylic acids is 1. The smallest absolute Gasteiger partial charge is 0.271 e. The Balaban J connectivity index is 1.74. The Kier molecular flexibility index (Phi) is 5.67. The summed E-state index contributed by atoms with van der Waals surface area (Å²) < 4.78 is 11.5. The number of anilines is 2. The molecule has 0 fully saturated rings. The number of ether oxygens (including phenoxy) is 2. The van der Waals surface area contributed by atoms with Gasteiger partial charge in [0.2, 0.25) is 5.91 Å². The van der Waals surface area contributed by atoms with Gasteiger partial charge >= 0.3 is 0 Å². The second kappa shape index (κ2) is 8.16. The normalized spacial score (nSPS) is 15.9. The van der Waals surface area contributed by atoms with Crippen LogP contribution in [0.1, 0.15) is 26.3 Å². The Hall–Kier alpha value is -3.29. The van der Waals surface area contributed by atoms with E-state index in [4.69, 9.17) is 9.47 Å². The molecule has 28 heavy (non-hydrogen) atoms. The van der Waals surface area contributed by atoms with Crippen LogP contribution in [0.4, 0.5) is 17.1 Å². The highest BCUT2D eigenvalue weighted by Crippen LogP contribution is 2.38. The summed E-state index contributed by atoms with van der Waals surface area (Å²) in [4.78, 5) is 22.9. The van der Waals surface area contributed by atoms with Crippen molar-refractivity contribution in [1.82, 2.24) is 0 Å². The summed E-state index contributed by atoms with van der Waals surface area (Å²) in [5.41, 5.74) is 2.03. The van der Waals surface area contributed by atoms with Gasteiger partial charge in [0, 0.05) is 35.9 Å². The zero-order chi connectivity index (χ0) is 20.3. The summed E-state index contributed by atoms with van der Waals surface area (Å²) in [5, 5.41) is 16.7. The predicted molar refractivity (Wildman–Crippen MR) is 106 cm³/mol. The highest BCUT2D eigenvalue weighted by Gasteiger charge is 2.23. The van der Waals surface area contributed by atoms with E-state index in [1.165, 1.54) is 18.2 Å². The summed E-state index contributed by atoms with van der Waals surface area (Å²) in [5.74, 6) is 1.12. The molecule has 0 saturated carbocycles. The van der Waals surface area contributed by atoms with Gasteiger partial charge in [-0.15, -0.1) is 0 Å². The number of nitro groups is 1. The molecule has 0 saturated heterocycles. The molecule has 0 aromatic heterocycles. The van der Waals surface area contributed by atoms with E-state index in [1.54, 1.807) is 13.0 Å². The van der Waals surface area contributed by atoms with Crippen molar-refractivity contribution in [3.05, 3.63) is 52.1 Å². The van der Waals surface area contributed by atoms with Crippen LogP contribution in [-0.4, -0.2) is 29.6 Å². The Morgan fingerprint density at radius 3 is 2.89 bits per heavy atom. The Morgan fingerprint density at radius 1 is 1.39 bits per heavy atom. The van der Waals surface area contributed by atoms with Gasteiger partial charge in [0.25, 0.3) is 5.69 Å². The zero-order valence-corrected chi connectivity index (χ0v) is 16.0. The van der Waals surface area contributed by atoms with Crippen molar-refractivity contribution >= 4 is 23.0 Å². The first-order valence-electron chi connectivity index (χ1n) is 9.15. The summed E-state index contributed by atoms with van der Waals surface area (Å²) >= 11 is 0. The first kappa shape index (κ1) is 19.5. The molecule has 8 nitrogen and oxygen atoms in total. The fourth-order valence-electron chi connectivity index (χ4n) is 3.07. The number of benzene rings is 2. The number of hydrogen-bond acceptors (Lipinski definition) is 6. The lowest BCUT2D eigenvalue weighted by atomic mass is 10.1. The molecule has 1 aliphatic heterocycles. The molecule has 0 aliphatic carbocycles. The van der Waals surface area contributed by atoms with Crippen LogP contribution in [-0.2, 0) is 11.2 Å². The molecule has 148 valence electrons. The maximum absolute atomic E-state index is 12.5. The number of amides is 1. The van der Waals surface area contributed by atoms with E-state index in [1.807, 2.05) is 26.0 Å². The third-order valence-electron chi connectivity index (χ3n) is 4.39. The average Bonchev–Trinajstić information content (AvgIpc) is 3.01. The Labute approximate surface area is 163 Å². The van der Waals surface area contributed by atoms with E-state index >= 15 is 0 Å². The third-order valence-corrected chi connectivity index (χ3v) is 4.39. The van der Waals surface area contributed by atoms with E-state index < -0.39 is 11.0 Å². The van der Waals surface area contributed by atoms with Crippen LogP contribution in [0.25, 0.3) is 0 Å². The fourth-order valence-corrected chi connectivity index (χ4v) is 3.07. The summed E-state index contributed by atoms with van der Waals surface area (Å²) in [6, 6.07) is 9.01. The largest absolute Gasteiger partial charge is 0.492 e. The van der Waals surface area contributed by atoms with Crippen molar-refractivity contribution in [3.8, 4) is 11.5 Å². The predicted octanol–water partition coefficient (Wildman–Crippen LogP) is 3.76. The highest BCUT2D eigenvalue weighted by atomic mass is 16.6. The van der Waals surface area contributed by atoms with Crippen molar-refractivity contribution in [3.63, 3.8) is 0 Å². The minimum atomic E-state index is -0.602. The van der Waals surface area contributed by atoms with Gasteiger partial charge in [-0.05, 0) is 32.9 Å². The molecule has 8 heteroatoms. The SMILES string of the molecule is CCOc1cc2c(cc1N[C@H](C)C(=O)Nc1cccc([N+](=O)[O-])c1)O[C@@H](C)C2. The van der Waals surface area contributed by atoms with E-state index in [0.29, 0.717) is 23.7 Å². The molecule has 1 aliphatic rings. The number of rotatable bonds is 7. The standard InChI is InChI=1S/C20H23N3O5/c1-4-27-19-9-14-8-12(2)28-18(14)11-17(19)21-13(3)20(24)22-15-6-5-7-16(10-15)23(25)26/h5-7,9-13,21H,4,8H2,1-3H3,(H,22,24)/t12-,13+/m0/s1. The number of carbonyl (C=O) groups is 1. The molecule has 1 heterocycles. The van der Waals surface area contributed by atoms with Crippen LogP contribution < -0.4 is 20.1 Å². The minimum Gasteiger partial charge on any atom is -0.492 e. The molecule has 0 radical (unpaired) electrons. The average molecular weight is 385 g/mol. The van der Waals surface area contributed by atoms with E-state index in [-0.39, 0.29) is 17.7 Å². The summed E-state index contributed by atoms with van der Waals surface area (Å²) in [6.07, 6.45) is 0.924. The van der Waals surface area contributed by atoms with Crippen LogP contribution in [0.15, 0.2) is 36.4 Å². The van der Waals surface area contributed by atoms with Crippen LogP contribution in [0, 0.1) is 10.1 Å². The second-order valence-electron chi connectivity index (χ2n) is 6.68. The number of nitrogens with zero attached hydrogens (tertiary/aromatic N) is 1. The highest BCUT2D eigenvalue weighted by molar-refractivity contribution is 5.96. The first-order chi connectivity index (χ1) is 13.4. The lowest BCUT2D eigenvalue weighted by molar-refractivity contribution is -0.384. The molecular weight excluding hydrogens is 362 g/mol. The molecule has 2 N–H and O–H groups in total. The van der Waals surface area contributed by atoms with Crippen LogP contribution in [0.2, 0.25) is 0 Å².